The van der Waals surface area contributed by atoms with Gasteiger partial charge in [0.15, 0.2) is 13.0 Å². The van der Waals surface area contributed by atoms with E-state index in [1.54, 1.807) is 45.0 Å². The molecule has 0 aliphatic carbocycles. The summed E-state index contributed by atoms with van der Waals surface area (Å²) in [4.78, 5) is 60.2. The number of anilines is 2. The molecule has 1 aliphatic heterocycles. The van der Waals surface area contributed by atoms with Gasteiger partial charge in [0.2, 0.25) is 5.91 Å². The number of amides is 3. The monoisotopic (exact) mass is 947 g/mol. The Morgan fingerprint density at radius 1 is 0.785 bits per heavy atom. The van der Waals surface area contributed by atoms with Crippen molar-refractivity contribution in [3.05, 3.63) is 55.3 Å². The molecule has 6 atom stereocenters. The molecule has 1 saturated heterocycles. The van der Waals surface area contributed by atoms with Crippen molar-refractivity contribution in [2.45, 2.75) is 102 Å². The number of alkyl carbamates (subject to hydrolysis) is 1. The number of nitrogens with one attached hydrogen (secondary N) is 5. The Morgan fingerprint density at radius 3 is 1.95 bits per heavy atom. The predicted molar refractivity (Wildman–Crippen MR) is 238 cm³/mol. The van der Waals surface area contributed by atoms with E-state index in [1.165, 1.54) is 0 Å². The highest BCUT2D eigenvalue weighted by Gasteiger charge is 2.45. The second kappa shape index (κ2) is 30.3. The standard InChI is InChI=1S/C43H67ClFN5O15/c1-43(2,3)65-42(58)48-14-17-60-19-21-62-23-22-61-20-18-59-16-13-47-37-36(39(56)40(37)57)46-12-6-4-5-7-15-63-34-25-30(51)35(50-33(54)26-45)41(64-34)38(55)31(52)27-49-32(53)24-28-8-10-29(44)11-9-28/h8-11,30-31,34-35,38,41,46-47,51-52,55H,4-7,12-27H2,1-3H3,(H,48,58)(H,49,53)(H,50,54)/t30-,31+,34+,35+,38+,41+/m0/s1. The molecule has 0 aromatic heterocycles. The van der Waals surface area contributed by atoms with Gasteiger partial charge in [0.05, 0.1) is 77.5 Å². The zero-order valence-corrected chi connectivity index (χ0v) is 38.2. The summed E-state index contributed by atoms with van der Waals surface area (Å²) in [5, 5.41) is 46.5. The van der Waals surface area contributed by atoms with Crippen LogP contribution in [-0.4, -0.2) is 168 Å². The average Bonchev–Trinajstić information content (AvgIpc) is 3.26. The molecular formula is C43H67ClFN5O15. The largest absolute Gasteiger partial charge is 0.444 e. The molecule has 65 heavy (non-hydrogen) atoms. The van der Waals surface area contributed by atoms with E-state index in [0.29, 0.717) is 89.3 Å². The lowest BCUT2D eigenvalue weighted by Crippen LogP contribution is -2.63. The highest BCUT2D eigenvalue weighted by atomic mass is 35.5. The highest BCUT2D eigenvalue weighted by molar-refractivity contribution is 6.30. The van der Waals surface area contributed by atoms with Crippen molar-refractivity contribution in [2.24, 2.45) is 0 Å². The Bertz CT molecular complexity index is 1760. The fraction of sp³-hybridized carbons (Fsp3) is 0.698. The molecule has 22 heteroatoms. The van der Waals surface area contributed by atoms with Crippen LogP contribution >= 0.6 is 11.6 Å². The van der Waals surface area contributed by atoms with Crippen molar-refractivity contribution in [3.63, 3.8) is 0 Å². The molecule has 1 heterocycles. The maximum Gasteiger partial charge on any atom is 0.407 e. The third kappa shape index (κ3) is 21.9. The number of ether oxygens (including phenoxy) is 7. The van der Waals surface area contributed by atoms with Crippen molar-refractivity contribution >= 4 is 40.9 Å². The van der Waals surface area contributed by atoms with Crippen molar-refractivity contribution in [1.29, 1.82) is 0 Å². The van der Waals surface area contributed by atoms with Crippen molar-refractivity contribution in [3.8, 4) is 0 Å². The zero-order valence-electron chi connectivity index (χ0n) is 37.4. The maximum absolute atomic E-state index is 13.1. The van der Waals surface area contributed by atoms with Gasteiger partial charge in [-0.15, -0.1) is 0 Å². The molecule has 3 rings (SSSR count). The van der Waals surface area contributed by atoms with Crippen LogP contribution in [0.4, 0.5) is 20.6 Å². The number of hydrogen-bond donors (Lipinski definition) is 8. The normalized spacial score (nSPS) is 18.5. The van der Waals surface area contributed by atoms with Crippen molar-refractivity contribution < 1.29 is 67.3 Å². The van der Waals surface area contributed by atoms with Gasteiger partial charge in [0.1, 0.15) is 29.2 Å². The lowest BCUT2D eigenvalue weighted by atomic mass is 9.92. The van der Waals surface area contributed by atoms with E-state index in [9.17, 15) is 43.7 Å². The minimum absolute atomic E-state index is 0.00698. The van der Waals surface area contributed by atoms with Crippen LogP contribution in [0, 0.1) is 0 Å². The number of unbranched alkanes of at least 4 members (excludes halogenated alkanes) is 3. The maximum atomic E-state index is 13.1. The Kier molecular flexibility index (Phi) is 25.8. The topological polar surface area (TPSA) is 271 Å². The third-order valence-corrected chi connectivity index (χ3v) is 9.90. The van der Waals surface area contributed by atoms with Crippen LogP contribution in [0.15, 0.2) is 33.9 Å². The minimum Gasteiger partial charge on any atom is -0.444 e. The molecule has 368 valence electrons. The van der Waals surface area contributed by atoms with E-state index in [2.05, 4.69) is 26.6 Å². The fourth-order valence-corrected chi connectivity index (χ4v) is 6.50. The first-order chi connectivity index (χ1) is 31.1. The van der Waals surface area contributed by atoms with Crippen LogP contribution in [0.5, 0.6) is 0 Å². The van der Waals surface area contributed by atoms with Gasteiger partial charge in [0.25, 0.3) is 16.8 Å². The molecule has 8 N–H and O–H groups in total. The number of halogens is 2. The quantitative estimate of drug-likeness (QED) is 0.0365. The van der Waals surface area contributed by atoms with Gasteiger partial charge in [-0.1, -0.05) is 36.6 Å². The average molecular weight is 948 g/mol. The van der Waals surface area contributed by atoms with Crippen LogP contribution in [0.2, 0.25) is 5.02 Å². The first kappa shape index (κ1) is 55.3. The van der Waals surface area contributed by atoms with Gasteiger partial charge in [-0.25, -0.2) is 9.18 Å². The van der Waals surface area contributed by atoms with Gasteiger partial charge in [-0.05, 0) is 51.3 Å². The third-order valence-electron chi connectivity index (χ3n) is 9.64. The molecular weight excluding hydrogens is 881 g/mol. The summed E-state index contributed by atoms with van der Waals surface area (Å²) >= 11 is 5.88. The summed E-state index contributed by atoms with van der Waals surface area (Å²) in [6, 6.07) is 5.35. The number of rotatable bonds is 33. The number of hydrogen-bond acceptors (Lipinski definition) is 17. The van der Waals surface area contributed by atoms with Crippen LogP contribution in [0.25, 0.3) is 0 Å². The smallest absolute Gasteiger partial charge is 0.407 e. The second-order valence-corrected chi connectivity index (χ2v) is 16.6. The van der Waals surface area contributed by atoms with Crippen LogP contribution in [0.3, 0.4) is 0 Å². The van der Waals surface area contributed by atoms with E-state index in [1.807, 2.05) is 0 Å². The predicted octanol–water partition coefficient (Wildman–Crippen LogP) is 0.939. The highest BCUT2D eigenvalue weighted by Crippen LogP contribution is 2.26. The SMILES string of the molecule is CC(C)(C)OC(=O)NCCOCCOCCOCCOCCNc1c(NCCCCCCO[C@H]2C[C@H](O)[C@@H](NC(=O)CF)[C@H]([C@H](O)[C@H](O)CNC(=O)Cc3ccc(Cl)cc3)O2)c(=O)c1=O. The number of benzene rings is 1. The number of aliphatic hydroxyl groups is 3. The van der Waals surface area contributed by atoms with Gasteiger partial charge in [0, 0.05) is 44.2 Å². The van der Waals surface area contributed by atoms with Crippen molar-refractivity contribution in [1.82, 2.24) is 16.0 Å². The summed E-state index contributed by atoms with van der Waals surface area (Å²) in [6.07, 6.45) is -4.87. The molecule has 0 saturated carbocycles. The summed E-state index contributed by atoms with van der Waals surface area (Å²) in [5.74, 6) is -1.48. The molecule has 2 aromatic rings. The molecule has 0 radical (unpaired) electrons. The molecule has 1 aliphatic rings. The number of alkyl halides is 1. The summed E-state index contributed by atoms with van der Waals surface area (Å²) in [5.41, 5.74) is -0.601. The lowest BCUT2D eigenvalue weighted by molar-refractivity contribution is -0.252. The molecule has 1 fully saturated rings. The summed E-state index contributed by atoms with van der Waals surface area (Å²) < 4.78 is 51.7. The summed E-state index contributed by atoms with van der Waals surface area (Å²) in [6.45, 7) is 7.74. The Balaban J connectivity index is 1.23. The minimum atomic E-state index is -1.71. The Hall–Kier alpha value is -4.03. The first-order valence-corrected chi connectivity index (χ1v) is 22.2. The van der Waals surface area contributed by atoms with E-state index in [0.717, 1.165) is 12.8 Å². The molecule has 0 unspecified atom stereocenters. The van der Waals surface area contributed by atoms with E-state index in [4.69, 9.17) is 44.8 Å². The Morgan fingerprint density at radius 2 is 1.35 bits per heavy atom. The Labute approximate surface area is 383 Å². The number of carbonyl (C=O) groups is 3. The van der Waals surface area contributed by atoms with Crippen LogP contribution < -0.4 is 37.4 Å². The van der Waals surface area contributed by atoms with Gasteiger partial charge in [-0.2, -0.15) is 0 Å². The van der Waals surface area contributed by atoms with Crippen LogP contribution in [-0.2, 0) is 49.2 Å². The van der Waals surface area contributed by atoms with Crippen molar-refractivity contribution in [2.75, 3.05) is 103 Å². The van der Waals surface area contributed by atoms with E-state index < -0.39 is 77.8 Å². The van der Waals surface area contributed by atoms with Gasteiger partial charge < -0.3 is 75.1 Å². The lowest BCUT2D eigenvalue weighted by Gasteiger charge is -2.42. The number of aliphatic hydroxyl groups excluding tert-OH is 3. The summed E-state index contributed by atoms with van der Waals surface area (Å²) in [7, 11) is 0. The van der Waals surface area contributed by atoms with Gasteiger partial charge in [-0.3, -0.25) is 19.2 Å². The van der Waals surface area contributed by atoms with Crippen LogP contribution in [0.1, 0.15) is 58.4 Å². The molecule has 2 aromatic carbocycles. The molecule has 20 nitrogen and oxygen atoms in total. The fourth-order valence-electron chi connectivity index (χ4n) is 6.38. The first-order valence-electron chi connectivity index (χ1n) is 21.9. The van der Waals surface area contributed by atoms with Gasteiger partial charge >= 0.3 is 6.09 Å². The number of carbonyl (C=O) groups excluding carboxylic acids is 3. The molecule has 0 spiro atoms. The van der Waals surface area contributed by atoms with E-state index in [-0.39, 0.29) is 44.0 Å². The second-order valence-electron chi connectivity index (χ2n) is 16.2. The molecule has 0 bridgehead atoms. The van der Waals surface area contributed by atoms with E-state index >= 15 is 0 Å². The molecule has 3 amide bonds. The zero-order chi connectivity index (χ0) is 47.6.